The Balaban J connectivity index is -0.00000000500. The molecule has 3 heteroatoms. The van der Waals surface area contributed by atoms with Gasteiger partial charge in [0.2, 0.25) is 0 Å². The number of aliphatic hydroxyl groups excluding tert-OH is 1. The molecule has 0 unspecified atom stereocenters. The van der Waals surface area contributed by atoms with E-state index < -0.39 is 0 Å². The van der Waals surface area contributed by atoms with Crippen LogP contribution < -0.4 is 0 Å². The molecule has 0 spiro atoms. The van der Waals surface area contributed by atoms with E-state index in [-0.39, 0.29) is 25.9 Å². The Hall–Kier alpha value is 0.582. The van der Waals surface area contributed by atoms with E-state index in [1.807, 2.05) is 0 Å². The molecule has 0 heterocycles. The van der Waals surface area contributed by atoms with Crippen LogP contribution in [0.5, 0.6) is 0 Å². The molecule has 0 aliphatic heterocycles. The summed E-state index contributed by atoms with van der Waals surface area (Å²) in [6, 6.07) is 0. The van der Waals surface area contributed by atoms with E-state index in [0.717, 1.165) is 7.11 Å². The van der Waals surface area contributed by atoms with Gasteiger partial charge in [0.05, 0.1) is 0 Å². The van der Waals surface area contributed by atoms with Gasteiger partial charge in [-0.2, -0.15) is 0 Å². The van der Waals surface area contributed by atoms with Crippen molar-refractivity contribution in [3.8, 4) is 0 Å². The molecule has 0 aliphatic rings. The predicted octanol–water partition coefficient (Wildman–Crippen LogP) is -0.571. The van der Waals surface area contributed by atoms with Gasteiger partial charge in [0.1, 0.15) is 0 Å². The standard InChI is InChI=1S/CH4O.H2O.Pd/c1-2;;/h2H,1H3;1H2;/q;;+2/p-1. The second-order valence-electron chi connectivity index (χ2n) is 0. The van der Waals surface area contributed by atoms with Crippen LogP contribution in [0.3, 0.4) is 0 Å². The van der Waals surface area contributed by atoms with Crippen LogP contribution in [0.2, 0.25) is 0 Å². The molecule has 30 valence electrons. The van der Waals surface area contributed by atoms with Crippen LogP contribution in [-0.4, -0.2) is 17.7 Å². The smallest absolute Gasteiger partial charge is 0.870 e. The fraction of sp³-hybridized carbons (Fsp3) is 1.00. The zero-order valence-electron chi connectivity index (χ0n) is 2.21. The van der Waals surface area contributed by atoms with E-state index in [1.165, 1.54) is 0 Å². The minimum absolute atomic E-state index is 0. The van der Waals surface area contributed by atoms with Gasteiger partial charge in [0.15, 0.2) is 0 Å². The summed E-state index contributed by atoms with van der Waals surface area (Å²) in [6.45, 7) is 0. The maximum absolute atomic E-state index is 7.00. The van der Waals surface area contributed by atoms with Crippen molar-refractivity contribution in [2.45, 2.75) is 0 Å². The Morgan fingerprint density at radius 2 is 1.25 bits per heavy atom. The van der Waals surface area contributed by atoms with E-state index in [0.29, 0.717) is 0 Å². The first-order chi connectivity index (χ1) is 1.00. The van der Waals surface area contributed by atoms with Gasteiger partial charge in [-0.3, -0.25) is 0 Å². The van der Waals surface area contributed by atoms with Gasteiger partial charge in [0, 0.05) is 7.11 Å². The van der Waals surface area contributed by atoms with E-state index in [4.69, 9.17) is 5.11 Å². The third-order valence-corrected chi connectivity index (χ3v) is 0. The van der Waals surface area contributed by atoms with E-state index in [9.17, 15) is 0 Å². The third-order valence-electron chi connectivity index (χ3n) is 0. The van der Waals surface area contributed by atoms with Gasteiger partial charge < -0.3 is 10.6 Å². The van der Waals surface area contributed by atoms with Crippen LogP contribution in [0.4, 0.5) is 0 Å². The van der Waals surface area contributed by atoms with Crippen LogP contribution >= 0.6 is 0 Å². The Kier molecular flexibility index (Phi) is 414. The van der Waals surface area contributed by atoms with Gasteiger partial charge >= 0.3 is 20.4 Å². The molecular weight excluding hydrogens is 150 g/mol. The average molecular weight is 155 g/mol. The van der Waals surface area contributed by atoms with Gasteiger partial charge in [-0.1, -0.05) is 0 Å². The Bertz CT molecular complexity index is 6.00. The second kappa shape index (κ2) is 70.4. The van der Waals surface area contributed by atoms with E-state index >= 15 is 0 Å². The zero-order valence-corrected chi connectivity index (χ0v) is 3.77. The third kappa shape index (κ3) is 19.1. The van der Waals surface area contributed by atoms with Crippen molar-refractivity contribution in [1.82, 2.24) is 0 Å². The molecule has 0 amide bonds. The summed E-state index contributed by atoms with van der Waals surface area (Å²) in [5.74, 6) is 0. The maximum Gasteiger partial charge on any atom is 2.00 e. The molecule has 0 aromatic carbocycles. The molecule has 0 atom stereocenters. The van der Waals surface area contributed by atoms with Crippen LogP contribution in [-0.2, 0) is 20.4 Å². The minimum atomic E-state index is 0. The number of hydrogen-bond donors (Lipinski definition) is 1. The Morgan fingerprint density at radius 1 is 1.25 bits per heavy atom. The summed E-state index contributed by atoms with van der Waals surface area (Å²) in [5.41, 5.74) is 0. The second-order valence-corrected chi connectivity index (χ2v) is 0. The van der Waals surface area contributed by atoms with Crippen molar-refractivity contribution in [1.29, 1.82) is 0 Å². The predicted molar refractivity (Wildman–Crippen MR) is 10.1 cm³/mol. The van der Waals surface area contributed by atoms with Gasteiger partial charge in [0.25, 0.3) is 0 Å². The quantitative estimate of drug-likeness (QED) is 0.476. The van der Waals surface area contributed by atoms with Crippen molar-refractivity contribution < 1.29 is 31.0 Å². The Morgan fingerprint density at radius 3 is 1.25 bits per heavy atom. The summed E-state index contributed by atoms with van der Waals surface area (Å²) in [6.07, 6.45) is 0. The zero-order chi connectivity index (χ0) is 2.00. The fourth-order valence-electron chi connectivity index (χ4n) is 0. The summed E-state index contributed by atoms with van der Waals surface area (Å²) in [4.78, 5) is 0. The van der Waals surface area contributed by atoms with Crippen LogP contribution in [0.25, 0.3) is 0 Å². The molecule has 0 rings (SSSR count). The van der Waals surface area contributed by atoms with Crippen molar-refractivity contribution in [2.24, 2.45) is 0 Å². The SMILES string of the molecule is CO.[OH-].[Pd+2]. The van der Waals surface area contributed by atoms with Crippen molar-refractivity contribution in [3.63, 3.8) is 0 Å². The molecule has 0 aromatic heterocycles. The van der Waals surface area contributed by atoms with Crippen LogP contribution in [0, 0.1) is 0 Å². The molecule has 2 N–H and O–H groups in total. The molecule has 0 aliphatic carbocycles. The molecule has 0 saturated carbocycles. The molecule has 0 fully saturated rings. The van der Waals surface area contributed by atoms with Crippen LogP contribution in [0.15, 0.2) is 0 Å². The average Bonchev–Trinajstić information content (AvgIpc) is 1.00. The first-order valence-corrected chi connectivity index (χ1v) is 0.447. The minimum Gasteiger partial charge on any atom is -0.870 e. The van der Waals surface area contributed by atoms with Gasteiger partial charge in [-0.15, -0.1) is 0 Å². The number of aliphatic hydroxyl groups is 1. The summed E-state index contributed by atoms with van der Waals surface area (Å²) >= 11 is 0. The maximum atomic E-state index is 7.00. The van der Waals surface area contributed by atoms with Crippen molar-refractivity contribution in [3.05, 3.63) is 0 Å². The normalized spacial score (nSPS) is 1.50. The monoisotopic (exact) mass is 155 g/mol. The molecule has 4 heavy (non-hydrogen) atoms. The Labute approximate surface area is 38.8 Å². The first kappa shape index (κ1) is 23.5. The van der Waals surface area contributed by atoms with E-state index in [1.54, 1.807) is 0 Å². The van der Waals surface area contributed by atoms with Crippen molar-refractivity contribution >= 4 is 0 Å². The van der Waals surface area contributed by atoms with Gasteiger partial charge in [-0.05, 0) is 0 Å². The van der Waals surface area contributed by atoms with E-state index in [2.05, 4.69) is 0 Å². The molecule has 0 radical (unpaired) electrons. The molecule has 0 bridgehead atoms. The molecule has 0 aromatic rings. The van der Waals surface area contributed by atoms with Gasteiger partial charge in [-0.25, -0.2) is 0 Å². The largest absolute Gasteiger partial charge is 2.00 e. The number of rotatable bonds is 0. The summed E-state index contributed by atoms with van der Waals surface area (Å²) in [7, 11) is 1.00. The van der Waals surface area contributed by atoms with Crippen molar-refractivity contribution in [2.75, 3.05) is 7.11 Å². The molecule has 2 nitrogen and oxygen atoms in total. The number of hydrogen-bond acceptors (Lipinski definition) is 2. The fourth-order valence-corrected chi connectivity index (χ4v) is 0. The summed E-state index contributed by atoms with van der Waals surface area (Å²) < 4.78 is 0. The topological polar surface area (TPSA) is 50.2 Å². The summed E-state index contributed by atoms with van der Waals surface area (Å²) in [5, 5.41) is 7.00. The first-order valence-electron chi connectivity index (χ1n) is 0.447. The molecule has 0 saturated heterocycles. The van der Waals surface area contributed by atoms with Crippen LogP contribution in [0.1, 0.15) is 0 Å². The molecular formula is CH5O2Pd+.